The molecular weight excluding hydrogens is 424 g/mol. The lowest BCUT2D eigenvalue weighted by Crippen LogP contribution is -2.36. The highest BCUT2D eigenvalue weighted by Crippen LogP contribution is 2.33. The standard InChI is InChI=1S/C20H18F4N2O3S/c21-15-11-14(17(22)19(24)18(15)23)20(27)26-9-3-4-12-10-13(5-6-16(12)26)30(28,29)25-7-1-2-8-25/h5-6,10-11H,1-4,7-9H2. The predicted molar refractivity (Wildman–Crippen MR) is 101 cm³/mol. The molecule has 2 aliphatic heterocycles. The number of nitrogens with zero attached hydrogens (tertiary/aromatic N) is 2. The minimum atomic E-state index is -3.66. The van der Waals surface area contributed by atoms with Crippen molar-refractivity contribution in [1.82, 2.24) is 4.31 Å². The maximum absolute atomic E-state index is 14.1. The van der Waals surface area contributed by atoms with Gasteiger partial charge in [-0.05, 0) is 55.5 Å². The molecule has 2 heterocycles. The van der Waals surface area contributed by atoms with Crippen LogP contribution >= 0.6 is 0 Å². The van der Waals surface area contributed by atoms with Gasteiger partial charge in [-0.25, -0.2) is 26.0 Å². The fraction of sp³-hybridized carbons (Fsp3) is 0.350. The second-order valence-electron chi connectivity index (χ2n) is 7.31. The largest absolute Gasteiger partial charge is 0.308 e. The Hall–Kier alpha value is -2.46. The fourth-order valence-electron chi connectivity index (χ4n) is 3.90. The van der Waals surface area contributed by atoms with Crippen molar-refractivity contribution < 1.29 is 30.8 Å². The van der Waals surface area contributed by atoms with Crippen molar-refractivity contribution in [1.29, 1.82) is 0 Å². The first-order valence-electron chi connectivity index (χ1n) is 9.49. The van der Waals surface area contributed by atoms with Gasteiger partial charge in [0.15, 0.2) is 23.3 Å². The normalized spacial score (nSPS) is 17.3. The number of benzene rings is 2. The monoisotopic (exact) mass is 442 g/mol. The molecule has 2 aromatic carbocycles. The summed E-state index contributed by atoms with van der Waals surface area (Å²) in [5.41, 5.74) is -0.0393. The van der Waals surface area contributed by atoms with Crippen LogP contribution in [0.4, 0.5) is 23.2 Å². The summed E-state index contributed by atoms with van der Waals surface area (Å²) in [5.74, 6) is -8.50. The van der Waals surface area contributed by atoms with Crippen LogP contribution in [0.25, 0.3) is 0 Å². The third-order valence-electron chi connectivity index (χ3n) is 5.45. The molecule has 4 rings (SSSR count). The molecule has 0 aromatic heterocycles. The first kappa shape index (κ1) is 20.8. The zero-order valence-corrected chi connectivity index (χ0v) is 16.6. The van der Waals surface area contributed by atoms with Gasteiger partial charge in [-0.15, -0.1) is 0 Å². The Morgan fingerprint density at radius 3 is 2.27 bits per heavy atom. The molecule has 1 amide bonds. The molecule has 1 fully saturated rings. The van der Waals surface area contributed by atoms with E-state index in [1.807, 2.05) is 0 Å². The van der Waals surface area contributed by atoms with Crippen LogP contribution in [0.2, 0.25) is 0 Å². The lowest BCUT2D eigenvalue weighted by Gasteiger charge is -2.30. The number of carbonyl (C=O) groups excluding carboxylic acids is 1. The van der Waals surface area contributed by atoms with E-state index < -0.39 is 44.8 Å². The van der Waals surface area contributed by atoms with E-state index in [0.717, 1.165) is 17.7 Å². The SMILES string of the molecule is O=C(c1cc(F)c(F)c(F)c1F)N1CCCc2cc(S(=O)(=O)N3CCCC3)ccc21. The number of amides is 1. The van der Waals surface area contributed by atoms with Gasteiger partial charge in [-0.2, -0.15) is 4.31 Å². The third-order valence-corrected chi connectivity index (χ3v) is 7.35. The smallest absolute Gasteiger partial charge is 0.261 e. The molecule has 0 unspecified atom stereocenters. The molecular formula is C20H18F4N2O3S. The summed E-state index contributed by atoms with van der Waals surface area (Å²) < 4.78 is 81.4. The average Bonchev–Trinajstić information content (AvgIpc) is 3.29. The molecule has 2 aromatic rings. The summed E-state index contributed by atoms with van der Waals surface area (Å²) in [6.45, 7) is 1.04. The summed E-state index contributed by atoms with van der Waals surface area (Å²) in [4.78, 5) is 14.0. The highest BCUT2D eigenvalue weighted by atomic mass is 32.2. The van der Waals surface area contributed by atoms with Crippen molar-refractivity contribution in [3.63, 3.8) is 0 Å². The van der Waals surface area contributed by atoms with Crippen molar-refractivity contribution >= 4 is 21.6 Å². The van der Waals surface area contributed by atoms with Crippen LogP contribution in [-0.4, -0.2) is 38.3 Å². The summed E-state index contributed by atoms with van der Waals surface area (Å²) in [6.07, 6.45) is 2.52. The van der Waals surface area contributed by atoms with Crippen LogP contribution in [0.1, 0.15) is 35.2 Å². The Kier molecular flexibility index (Phi) is 5.31. The summed E-state index contributed by atoms with van der Waals surface area (Å²) in [5, 5.41) is 0. The molecule has 2 aliphatic rings. The molecule has 30 heavy (non-hydrogen) atoms. The Morgan fingerprint density at radius 1 is 0.867 bits per heavy atom. The first-order chi connectivity index (χ1) is 14.2. The fourth-order valence-corrected chi connectivity index (χ4v) is 5.46. The average molecular weight is 442 g/mol. The van der Waals surface area contributed by atoms with Crippen LogP contribution in [-0.2, 0) is 16.4 Å². The summed E-state index contributed by atoms with van der Waals surface area (Å²) in [6, 6.07) is 4.60. The molecule has 0 atom stereocenters. The Morgan fingerprint density at radius 2 is 1.57 bits per heavy atom. The number of rotatable bonds is 3. The van der Waals surface area contributed by atoms with Gasteiger partial charge in [0.2, 0.25) is 10.0 Å². The van der Waals surface area contributed by atoms with Crippen LogP contribution in [0.5, 0.6) is 0 Å². The van der Waals surface area contributed by atoms with Gasteiger partial charge in [0.05, 0.1) is 10.5 Å². The number of anilines is 1. The summed E-state index contributed by atoms with van der Waals surface area (Å²) >= 11 is 0. The zero-order chi connectivity index (χ0) is 21.6. The van der Waals surface area contributed by atoms with Crippen molar-refractivity contribution in [2.24, 2.45) is 0 Å². The lowest BCUT2D eigenvalue weighted by atomic mass is 10.0. The number of aryl methyl sites for hydroxylation is 1. The minimum Gasteiger partial charge on any atom is -0.308 e. The number of halogens is 4. The molecule has 5 nitrogen and oxygen atoms in total. The highest BCUT2D eigenvalue weighted by Gasteiger charge is 2.32. The lowest BCUT2D eigenvalue weighted by molar-refractivity contribution is 0.0979. The quantitative estimate of drug-likeness (QED) is 0.415. The summed E-state index contributed by atoms with van der Waals surface area (Å²) in [7, 11) is -3.66. The van der Waals surface area contributed by atoms with Gasteiger partial charge in [0.25, 0.3) is 5.91 Å². The minimum absolute atomic E-state index is 0.0995. The second kappa shape index (κ2) is 7.66. The molecule has 0 radical (unpaired) electrons. The molecule has 10 heteroatoms. The van der Waals surface area contributed by atoms with Gasteiger partial charge in [0, 0.05) is 25.3 Å². The topological polar surface area (TPSA) is 57.7 Å². The Labute approximate surface area is 171 Å². The maximum Gasteiger partial charge on any atom is 0.261 e. The van der Waals surface area contributed by atoms with E-state index in [1.165, 1.54) is 22.5 Å². The molecule has 0 saturated carbocycles. The van der Waals surface area contributed by atoms with E-state index >= 15 is 0 Å². The Bertz CT molecular complexity index is 1130. The predicted octanol–water partition coefficient (Wildman–Crippen LogP) is 3.62. The molecule has 0 N–H and O–H groups in total. The van der Waals surface area contributed by atoms with Crippen molar-refractivity contribution in [2.75, 3.05) is 24.5 Å². The van der Waals surface area contributed by atoms with Crippen LogP contribution < -0.4 is 4.90 Å². The van der Waals surface area contributed by atoms with Crippen molar-refractivity contribution in [3.05, 3.63) is 58.7 Å². The number of sulfonamides is 1. The van der Waals surface area contributed by atoms with Crippen LogP contribution in [0.15, 0.2) is 29.2 Å². The van der Waals surface area contributed by atoms with Gasteiger partial charge < -0.3 is 4.90 Å². The van der Waals surface area contributed by atoms with Gasteiger partial charge in [0.1, 0.15) is 0 Å². The third kappa shape index (κ3) is 3.37. The van der Waals surface area contributed by atoms with Gasteiger partial charge in [-0.3, -0.25) is 4.79 Å². The number of carbonyl (C=O) groups is 1. The van der Waals surface area contributed by atoms with Crippen molar-refractivity contribution in [2.45, 2.75) is 30.6 Å². The molecule has 0 bridgehead atoms. The molecule has 0 spiro atoms. The Balaban J connectivity index is 1.71. The highest BCUT2D eigenvalue weighted by molar-refractivity contribution is 7.89. The molecule has 0 aliphatic carbocycles. The van der Waals surface area contributed by atoms with Gasteiger partial charge in [-0.1, -0.05) is 0 Å². The second-order valence-corrected chi connectivity index (χ2v) is 9.25. The van der Waals surface area contributed by atoms with Crippen molar-refractivity contribution in [3.8, 4) is 0 Å². The number of hydrogen-bond acceptors (Lipinski definition) is 3. The van der Waals surface area contributed by atoms with E-state index in [9.17, 15) is 30.8 Å². The van der Waals surface area contributed by atoms with E-state index in [0.29, 0.717) is 43.2 Å². The number of fused-ring (bicyclic) bond motifs is 1. The zero-order valence-electron chi connectivity index (χ0n) is 15.8. The molecule has 160 valence electrons. The van der Waals surface area contributed by atoms with Crippen LogP contribution in [0.3, 0.4) is 0 Å². The van der Waals surface area contributed by atoms with Crippen LogP contribution in [0, 0.1) is 23.3 Å². The van der Waals surface area contributed by atoms with E-state index in [4.69, 9.17) is 0 Å². The van der Waals surface area contributed by atoms with E-state index in [1.54, 1.807) is 0 Å². The number of hydrogen-bond donors (Lipinski definition) is 0. The van der Waals surface area contributed by atoms with Gasteiger partial charge >= 0.3 is 0 Å². The van der Waals surface area contributed by atoms with E-state index in [-0.39, 0.29) is 11.4 Å². The van der Waals surface area contributed by atoms with E-state index in [2.05, 4.69) is 0 Å². The maximum atomic E-state index is 14.1. The first-order valence-corrected chi connectivity index (χ1v) is 10.9. The molecule has 1 saturated heterocycles.